The lowest BCUT2D eigenvalue weighted by molar-refractivity contribution is -0.131. The van der Waals surface area contributed by atoms with E-state index in [4.69, 9.17) is 9.94 Å². The zero-order valence-corrected chi connectivity index (χ0v) is 19.2. The van der Waals surface area contributed by atoms with Crippen molar-refractivity contribution in [1.82, 2.24) is 20.0 Å². The molecule has 0 unspecified atom stereocenters. The summed E-state index contributed by atoms with van der Waals surface area (Å²) in [5.41, 5.74) is 4.27. The Labute approximate surface area is 190 Å². The summed E-state index contributed by atoms with van der Waals surface area (Å²) >= 11 is 0. The number of sulfone groups is 1. The molecule has 3 rings (SSSR count). The number of nitrogens with one attached hydrogen (secondary N) is 1. The van der Waals surface area contributed by atoms with Crippen LogP contribution in [0.4, 0.5) is 0 Å². The standard InChI is InChI=1S/C22H24N4O6S/c1-22(20(28)25-29,33(3,30)31)9-11-26-10-8-17(12-19(26)27)15-4-6-16(7-5-15)18-13-23-21(32-2)24-14-18/h4-8,10,12-14,29H,9,11H2,1-3H3,(H,25,28)/t22-/m1/s1. The van der Waals surface area contributed by atoms with Gasteiger partial charge in [0.15, 0.2) is 14.6 Å². The Morgan fingerprint density at radius 2 is 1.67 bits per heavy atom. The third-order valence-corrected chi connectivity index (χ3v) is 7.61. The predicted molar refractivity (Wildman–Crippen MR) is 122 cm³/mol. The number of benzene rings is 1. The van der Waals surface area contributed by atoms with Crippen LogP contribution in [0.3, 0.4) is 0 Å². The molecule has 2 aromatic heterocycles. The van der Waals surface area contributed by atoms with E-state index in [0.717, 1.165) is 22.9 Å². The van der Waals surface area contributed by atoms with Crippen LogP contribution in [0.15, 0.2) is 59.8 Å². The van der Waals surface area contributed by atoms with Gasteiger partial charge in [0.25, 0.3) is 11.5 Å². The maximum Gasteiger partial charge on any atom is 0.316 e. The van der Waals surface area contributed by atoms with Crippen LogP contribution >= 0.6 is 0 Å². The van der Waals surface area contributed by atoms with E-state index in [1.807, 2.05) is 24.3 Å². The summed E-state index contributed by atoms with van der Waals surface area (Å²) in [4.78, 5) is 32.7. The van der Waals surface area contributed by atoms with Crippen LogP contribution in [0, 0.1) is 0 Å². The van der Waals surface area contributed by atoms with Crippen molar-refractivity contribution >= 4 is 15.7 Å². The number of ether oxygens (including phenoxy) is 1. The van der Waals surface area contributed by atoms with Gasteiger partial charge in [0.05, 0.1) is 7.11 Å². The monoisotopic (exact) mass is 472 g/mol. The van der Waals surface area contributed by atoms with Gasteiger partial charge in [-0.25, -0.2) is 23.9 Å². The molecule has 10 nitrogen and oxygen atoms in total. The molecular weight excluding hydrogens is 448 g/mol. The van der Waals surface area contributed by atoms with Crippen LogP contribution in [-0.2, 0) is 21.2 Å². The molecule has 2 heterocycles. The molecule has 33 heavy (non-hydrogen) atoms. The number of pyridine rings is 1. The molecule has 0 aliphatic rings. The molecule has 1 atom stereocenters. The second kappa shape index (κ2) is 9.51. The summed E-state index contributed by atoms with van der Waals surface area (Å²) in [5.74, 6) is -1.04. The summed E-state index contributed by atoms with van der Waals surface area (Å²) < 4.78 is 28.6. The number of carbonyl (C=O) groups excluding carboxylic acids is 1. The molecule has 0 saturated heterocycles. The second-order valence-electron chi connectivity index (χ2n) is 7.68. The van der Waals surface area contributed by atoms with Crippen LogP contribution in [0.5, 0.6) is 6.01 Å². The predicted octanol–water partition coefficient (Wildman–Crippen LogP) is 1.68. The minimum Gasteiger partial charge on any atom is -0.467 e. The number of hydrogen-bond acceptors (Lipinski definition) is 8. The summed E-state index contributed by atoms with van der Waals surface area (Å²) in [5, 5.41) is 8.92. The maximum absolute atomic E-state index is 12.6. The number of rotatable bonds is 8. The van der Waals surface area contributed by atoms with E-state index >= 15 is 0 Å². The highest BCUT2D eigenvalue weighted by atomic mass is 32.2. The SMILES string of the molecule is COc1ncc(-c2ccc(-c3ccn(CC[C@](C)(C(=O)NO)S(C)(=O)=O)c(=O)c3)cc2)cn1. The number of aryl methyl sites for hydroxylation is 1. The Morgan fingerprint density at radius 1 is 1.09 bits per heavy atom. The zero-order chi connectivity index (χ0) is 24.2. The highest BCUT2D eigenvalue weighted by Gasteiger charge is 2.43. The highest BCUT2D eigenvalue weighted by Crippen LogP contribution is 2.25. The van der Waals surface area contributed by atoms with Crippen molar-refractivity contribution in [2.24, 2.45) is 0 Å². The van der Waals surface area contributed by atoms with E-state index in [1.165, 1.54) is 30.1 Å². The summed E-state index contributed by atoms with van der Waals surface area (Å²) in [7, 11) is -2.35. The van der Waals surface area contributed by atoms with E-state index < -0.39 is 20.5 Å². The largest absolute Gasteiger partial charge is 0.467 e. The molecule has 0 aliphatic carbocycles. The number of carbonyl (C=O) groups is 1. The van der Waals surface area contributed by atoms with Gasteiger partial charge in [-0.2, -0.15) is 0 Å². The molecule has 2 N–H and O–H groups in total. The van der Waals surface area contributed by atoms with Gasteiger partial charge in [0.2, 0.25) is 0 Å². The first-order valence-corrected chi connectivity index (χ1v) is 11.8. The van der Waals surface area contributed by atoms with Gasteiger partial charge in [-0.1, -0.05) is 24.3 Å². The normalized spacial score (nSPS) is 13.2. The minimum atomic E-state index is -3.84. The Kier molecular flexibility index (Phi) is 6.94. The molecule has 11 heteroatoms. The van der Waals surface area contributed by atoms with Crippen molar-refractivity contribution in [1.29, 1.82) is 0 Å². The van der Waals surface area contributed by atoms with Crippen LogP contribution in [-0.4, -0.2) is 52.2 Å². The van der Waals surface area contributed by atoms with Crippen molar-refractivity contribution in [3.05, 3.63) is 65.3 Å². The Hall–Kier alpha value is -3.57. The van der Waals surface area contributed by atoms with E-state index in [0.29, 0.717) is 5.56 Å². The number of hydroxylamine groups is 1. The smallest absolute Gasteiger partial charge is 0.316 e. The molecule has 0 bridgehead atoms. The van der Waals surface area contributed by atoms with Crippen molar-refractivity contribution in [3.8, 4) is 28.3 Å². The number of nitrogens with zero attached hydrogens (tertiary/aromatic N) is 3. The Morgan fingerprint density at radius 3 is 2.15 bits per heavy atom. The topological polar surface area (TPSA) is 140 Å². The third kappa shape index (κ3) is 5.10. The minimum absolute atomic E-state index is 0.0213. The fraction of sp³-hybridized carbons (Fsp3) is 0.273. The molecule has 3 aromatic rings. The van der Waals surface area contributed by atoms with Gasteiger partial charge in [0, 0.05) is 43.0 Å². The van der Waals surface area contributed by atoms with Gasteiger partial charge in [0.1, 0.15) is 0 Å². The number of hydrogen-bond donors (Lipinski definition) is 2. The fourth-order valence-corrected chi connectivity index (χ4v) is 4.06. The van der Waals surface area contributed by atoms with E-state index in [-0.39, 0.29) is 24.5 Å². The Bertz CT molecular complexity index is 1300. The third-order valence-electron chi connectivity index (χ3n) is 5.59. The molecular formula is C22H24N4O6S. The van der Waals surface area contributed by atoms with Crippen molar-refractivity contribution < 1.29 is 23.2 Å². The summed E-state index contributed by atoms with van der Waals surface area (Å²) in [6.45, 7) is 1.19. The Balaban J connectivity index is 1.79. The van der Waals surface area contributed by atoms with E-state index in [9.17, 15) is 18.0 Å². The first-order chi connectivity index (χ1) is 15.6. The zero-order valence-electron chi connectivity index (χ0n) is 18.3. The lowest BCUT2D eigenvalue weighted by atomic mass is 10.0. The van der Waals surface area contributed by atoms with Gasteiger partial charge in [-0.15, -0.1) is 0 Å². The number of amides is 1. The molecule has 0 fully saturated rings. The van der Waals surface area contributed by atoms with E-state index in [1.54, 1.807) is 24.7 Å². The maximum atomic E-state index is 12.6. The second-order valence-corrected chi connectivity index (χ2v) is 10.1. The van der Waals surface area contributed by atoms with Crippen LogP contribution in [0.1, 0.15) is 13.3 Å². The lowest BCUT2D eigenvalue weighted by Gasteiger charge is -2.25. The van der Waals surface area contributed by atoms with Crippen LogP contribution < -0.4 is 15.8 Å². The highest BCUT2D eigenvalue weighted by molar-refractivity contribution is 7.92. The van der Waals surface area contributed by atoms with Crippen LogP contribution in [0.2, 0.25) is 0 Å². The molecule has 0 spiro atoms. The van der Waals surface area contributed by atoms with Gasteiger partial charge in [-0.05, 0) is 36.1 Å². The fourth-order valence-electron chi connectivity index (χ4n) is 3.22. The number of methoxy groups -OCH3 is 1. The molecule has 0 radical (unpaired) electrons. The summed E-state index contributed by atoms with van der Waals surface area (Å²) in [6.07, 6.45) is 5.58. The van der Waals surface area contributed by atoms with Crippen molar-refractivity contribution in [3.63, 3.8) is 0 Å². The molecule has 174 valence electrons. The van der Waals surface area contributed by atoms with Gasteiger partial charge < -0.3 is 9.30 Å². The molecule has 1 aromatic carbocycles. The average molecular weight is 473 g/mol. The van der Waals surface area contributed by atoms with Crippen LogP contribution in [0.25, 0.3) is 22.3 Å². The van der Waals surface area contributed by atoms with E-state index in [2.05, 4.69) is 9.97 Å². The van der Waals surface area contributed by atoms with Gasteiger partial charge in [-0.3, -0.25) is 14.8 Å². The number of aromatic nitrogens is 3. The quantitative estimate of drug-likeness (QED) is 0.373. The lowest BCUT2D eigenvalue weighted by Crippen LogP contribution is -2.49. The molecule has 1 amide bonds. The van der Waals surface area contributed by atoms with Gasteiger partial charge >= 0.3 is 6.01 Å². The molecule has 0 saturated carbocycles. The average Bonchev–Trinajstić information content (AvgIpc) is 2.82. The summed E-state index contributed by atoms with van der Waals surface area (Å²) in [6, 6.07) is 11.0. The first-order valence-electron chi connectivity index (χ1n) is 9.90. The first kappa shape index (κ1) is 24.1. The van der Waals surface area contributed by atoms with Crippen molar-refractivity contribution in [2.45, 2.75) is 24.6 Å². The molecule has 0 aliphatic heterocycles. The van der Waals surface area contributed by atoms with Crippen molar-refractivity contribution in [2.75, 3.05) is 13.4 Å².